The summed E-state index contributed by atoms with van der Waals surface area (Å²) in [6.45, 7) is 2.96. The average molecular weight is 463 g/mol. The smallest absolute Gasteiger partial charge is 0.298 e. The Hall–Kier alpha value is -3.97. The summed E-state index contributed by atoms with van der Waals surface area (Å²) in [6, 6.07) is 11.0. The second-order valence-electron chi connectivity index (χ2n) is 7.60. The number of aromatic amines is 1. The summed E-state index contributed by atoms with van der Waals surface area (Å²) >= 11 is 1.40. The largest absolute Gasteiger partial charge is 0.332 e. The Morgan fingerprint density at radius 2 is 1.79 bits per heavy atom. The fourth-order valence-corrected chi connectivity index (χ4v) is 4.38. The van der Waals surface area contributed by atoms with Crippen LogP contribution in [0.2, 0.25) is 0 Å². The van der Waals surface area contributed by atoms with Crippen LogP contribution in [0.3, 0.4) is 0 Å². The van der Waals surface area contributed by atoms with Crippen molar-refractivity contribution in [1.29, 1.82) is 0 Å². The third kappa shape index (κ3) is 5.64. The van der Waals surface area contributed by atoms with Gasteiger partial charge in [-0.15, -0.1) is 11.3 Å². The number of H-pyrrole nitrogens is 1. The number of aromatic nitrogens is 3. The molecule has 9 nitrogen and oxygen atoms in total. The van der Waals surface area contributed by atoms with Crippen LogP contribution in [0.5, 0.6) is 0 Å². The average Bonchev–Trinajstić information content (AvgIpc) is 3.51. The highest BCUT2D eigenvalue weighted by molar-refractivity contribution is 7.09. The van der Waals surface area contributed by atoms with Gasteiger partial charge in [-0.05, 0) is 38.0 Å². The zero-order chi connectivity index (χ0) is 23.2. The Bertz CT molecular complexity index is 1220. The second kappa shape index (κ2) is 10.1. The number of benzene rings is 1. The van der Waals surface area contributed by atoms with Crippen molar-refractivity contribution in [2.45, 2.75) is 25.7 Å². The van der Waals surface area contributed by atoms with Crippen LogP contribution >= 0.6 is 11.3 Å². The Kier molecular flexibility index (Phi) is 6.80. The highest BCUT2D eigenvalue weighted by atomic mass is 32.1. The van der Waals surface area contributed by atoms with Gasteiger partial charge in [0.05, 0.1) is 5.01 Å². The molecule has 0 aliphatic carbocycles. The van der Waals surface area contributed by atoms with E-state index >= 15 is 0 Å². The molecule has 0 unspecified atom stereocenters. The molecule has 3 N–H and O–H groups in total. The van der Waals surface area contributed by atoms with Crippen molar-refractivity contribution in [2.24, 2.45) is 0 Å². The molecule has 1 aromatic carbocycles. The van der Waals surface area contributed by atoms with Crippen molar-refractivity contribution in [1.82, 2.24) is 30.9 Å². The molecule has 2 aromatic heterocycles. The van der Waals surface area contributed by atoms with Crippen LogP contribution in [-0.2, 0) is 4.79 Å². The van der Waals surface area contributed by atoms with Gasteiger partial charge in [0.15, 0.2) is 5.69 Å². The maximum absolute atomic E-state index is 12.4. The Morgan fingerprint density at radius 1 is 1.09 bits per heavy atom. The number of amides is 3. The van der Waals surface area contributed by atoms with Crippen molar-refractivity contribution in [3.63, 3.8) is 0 Å². The summed E-state index contributed by atoms with van der Waals surface area (Å²) in [5, 5.41) is 9.02. The molecular weight excluding hydrogens is 440 g/mol. The van der Waals surface area contributed by atoms with Crippen LogP contribution in [0.4, 0.5) is 0 Å². The van der Waals surface area contributed by atoms with Gasteiger partial charge in [-0.3, -0.25) is 30.3 Å². The van der Waals surface area contributed by atoms with E-state index in [2.05, 4.69) is 37.9 Å². The molecule has 10 heteroatoms. The van der Waals surface area contributed by atoms with Gasteiger partial charge in [0, 0.05) is 41.6 Å². The molecule has 1 aliphatic heterocycles. The van der Waals surface area contributed by atoms with Gasteiger partial charge in [-0.1, -0.05) is 24.1 Å². The van der Waals surface area contributed by atoms with Crippen molar-refractivity contribution >= 4 is 29.1 Å². The number of rotatable bonds is 3. The predicted molar refractivity (Wildman–Crippen MR) is 122 cm³/mol. The highest BCUT2D eigenvalue weighted by Crippen LogP contribution is 2.30. The normalized spacial score (nSPS) is 13.7. The van der Waals surface area contributed by atoms with Crippen LogP contribution in [0.25, 0.3) is 0 Å². The SMILES string of the molecule is Cc1cc(C(=O)NNC(=O)c2csc(C3CCN(C(=O)C#Cc4ccccc4)CC3)n2)n[nH]1. The molecule has 0 atom stereocenters. The molecule has 3 amide bonds. The molecule has 4 rings (SSSR count). The van der Waals surface area contributed by atoms with Crippen molar-refractivity contribution in [3.8, 4) is 11.8 Å². The number of piperidine rings is 1. The van der Waals surface area contributed by atoms with Crippen LogP contribution < -0.4 is 10.9 Å². The number of nitrogens with one attached hydrogen (secondary N) is 3. The minimum Gasteiger partial charge on any atom is -0.332 e. The summed E-state index contributed by atoms with van der Waals surface area (Å²) in [5.41, 5.74) is 6.66. The monoisotopic (exact) mass is 462 g/mol. The maximum Gasteiger partial charge on any atom is 0.298 e. The van der Waals surface area contributed by atoms with Gasteiger partial charge in [-0.25, -0.2) is 4.98 Å². The maximum atomic E-state index is 12.4. The summed E-state index contributed by atoms with van der Waals surface area (Å²) in [6.07, 6.45) is 1.51. The molecule has 0 radical (unpaired) electrons. The van der Waals surface area contributed by atoms with E-state index in [1.165, 1.54) is 11.3 Å². The van der Waals surface area contributed by atoms with Crippen LogP contribution in [0.1, 0.15) is 56.0 Å². The van der Waals surface area contributed by atoms with E-state index in [0.29, 0.717) is 13.1 Å². The summed E-state index contributed by atoms with van der Waals surface area (Å²) in [4.78, 5) is 42.9. The third-order valence-electron chi connectivity index (χ3n) is 5.20. The molecule has 3 aromatic rings. The van der Waals surface area contributed by atoms with Crippen LogP contribution in [0.15, 0.2) is 41.8 Å². The molecule has 1 fully saturated rings. The van der Waals surface area contributed by atoms with E-state index in [0.717, 1.165) is 29.1 Å². The van der Waals surface area contributed by atoms with Gasteiger partial charge in [0.25, 0.3) is 17.7 Å². The van der Waals surface area contributed by atoms with E-state index in [1.54, 1.807) is 23.3 Å². The van der Waals surface area contributed by atoms with Gasteiger partial charge < -0.3 is 4.90 Å². The van der Waals surface area contributed by atoms with E-state index in [4.69, 9.17) is 0 Å². The molecule has 1 saturated heterocycles. The molecule has 0 saturated carbocycles. The molecule has 0 bridgehead atoms. The lowest BCUT2D eigenvalue weighted by atomic mass is 9.97. The van der Waals surface area contributed by atoms with Crippen molar-refractivity contribution < 1.29 is 14.4 Å². The quantitative estimate of drug-likeness (QED) is 0.406. The number of thiazole rings is 1. The first-order valence-corrected chi connectivity index (χ1v) is 11.3. The van der Waals surface area contributed by atoms with E-state index < -0.39 is 11.8 Å². The van der Waals surface area contributed by atoms with Gasteiger partial charge in [-0.2, -0.15) is 5.10 Å². The van der Waals surface area contributed by atoms with Gasteiger partial charge >= 0.3 is 0 Å². The first kappa shape index (κ1) is 22.2. The second-order valence-corrected chi connectivity index (χ2v) is 8.49. The predicted octanol–water partition coefficient (Wildman–Crippen LogP) is 2.01. The van der Waals surface area contributed by atoms with E-state index in [-0.39, 0.29) is 23.2 Å². The highest BCUT2D eigenvalue weighted by Gasteiger charge is 2.26. The zero-order valence-corrected chi connectivity index (χ0v) is 18.7. The number of aryl methyl sites for hydroxylation is 1. The number of likely N-dealkylation sites (tertiary alicyclic amines) is 1. The van der Waals surface area contributed by atoms with Crippen LogP contribution in [0, 0.1) is 18.8 Å². The first-order chi connectivity index (χ1) is 16.0. The first-order valence-electron chi connectivity index (χ1n) is 10.4. The lowest BCUT2D eigenvalue weighted by Gasteiger charge is -2.29. The number of hydrogen-bond acceptors (Lipinski definition) is 6. The standard InChI is InChI=1S/C23H22N6O3S/c1-15-13-18(26-25-15)21(31)27-28-22(32)19-14-33-23(24-19)17-9-11-29(12-10-17)20(30)8-7-16-5-3-2-4-6-16/h2-6,13-14,17H,9-12H2,1H3,(H,25,26)(H,27,31)(H,28,32). The van der Waals surface area contributed by atoms with Gasteiger partial charge in [0.2, 0.25) is 0 Å². The molecule has 168 valence electrons. The minimum atomic E-state index is -0.518. The number of carbonyl (C=O) groups excluding carboxylic acids is 3. The number of hydrogen-bond donors (Lipinski definition) is 3. The lowest BCUT2D eigenvalue weighted by Crippen LogP contribution is -2.42. The van der Waals surface area contributed by atoms with Crippen LogP contribution in [-0.4, -0.2) is 50.9 Å². The van der Waals surface area contributed by atoms with Gasteiger partial charge in [0.1, 0.15) is 5.69 Å². The molecular formula is C23H22N6O3S. The van der Waals surface area contributed by atoms with E-state index in [9.17, 15) is 14.4 Å². The summed E-state index contributed by atoms with van der Waals surface area (Å²) in [7, 11) is 0. The number of nitrogens with zero attached hydrogens (tertiary/aromatic N) is 3. The minimum absolute atomic E-state index is 0.171. The Balaban J connectivity index is 1.27. The zero-order valence-electron chi connectivity index (χ0n) is 17.9. The Morgan fingerprint density at radius 3 is 2.45 bits per heavy atom. The number of carbonyl (C=O) groups is 3. The lowest BCUT2D eigenvalue weighted by molar-refractivity contribution is -0.126. The van der Waals surface area contributed by atoms with E-state index in [1.807, 2.05) is 30.3 Å². The molecule has 3 heterocycles. The third-order valence-corrected chi connectivity index (χ3v) is 6.21. The molecule has 33 heavy (non-hydrogen) atoms. The number of hydrazine groups is 1. The Labute approximate surface area is 194 Å². The summed E-state index contributed by atoms with van der Waals surface area (Å²) < 4.78 is 0. The van der Waals surface area contributed by atoms with Crippen molar-refractivity contribution in [3.05, 3.63) is 69.4 Å². The molecule has 0 spiro atoms. The molecule has 1 aliphatic rings. The van der Waals surface area contributed by atoms with Crippen molar-refractivity contribution in [2.75, 3.05) is 13.1 Å². The summed E-state index contributed by atoms with van der Waals surface area (Å²) in [5.74, 6) is 4.58. The fraction of sp³-hybridized carbons (Fsp3) is 0.261. The fourth-order valence-electron chi connectivity index (χ4n) is 3.41. The topological polar surface area (TPSA) is 120 Å².